The fourth-order valence-electron chi connectivity index (χ4n) is 4.95. The second kappa shape index (κ2) is 7.87. The van der Waals surface area contributed by atoms with Crippen LogP contribution in [0.3, 0.4) is 0 Å². The van der Waals surface area contributed by atoms with Gasteiger partial charge >= 0.3 is 0 Å². The molecule has 4 heteroatoms. The zero-order valence-electron chi connectivity index (χ0n) is 15.7. The summed E-state index contributed by atoms with van der Waals surface area (Å²) in [5.41, 5.74) is 3.22. The molecule has 0 bridgehead atoms. The Kier molecular flexibility index (Phi) is 5.53. The van der Waals surface area contributed by atoms with E-state index in [0.717, 1.165) is 11.8 Å². The van der Waals surface area contributed by atoms with Crippen molar-refractivity contribution in [2.45, 2.75) is 23.7 Å². The van der Waals surface area contributed by atoms with Crippen molar-refractivity contribution in [3.8, 4) is 0 Å². The number of thioether (sulfide) groups is 1. The van der Waals surface area contributed by atoms with E-state index in [1.165, 1.54) is 42.4 Å². The van der Waals surface area contributed by atoms with Crippen molar-refractivity contribution >= 4 is 29.4 Å². The summed E-state index contributed by atoms with van der Waals surface area (Å²) in [7, 11) is 0. The number of rotatable bonds is 8. The number of nitrogens with zero attached hydrogens (tertiary/aromatic N) is 1. The molecule has 4 rings (SSSR count). The van der Waals surface area contributed by atoms with Crippen LogP contribution in [0.2, 0.25) is 0 Å². The standard InChI is InChI=1S/C22H28N2S2/c1-3-22(17-8-7-9-18(14-17)23-25-2)20-15-24(16-21(20)22)12-13-26-19-10-5-4-6-11-19/h4-11,14,20-21,23H,3,12-13,15-16H2,1-2H3. The molecule has 2 aliphatic rings. The SMILES string of the molecule is CCC1(c2cccc(NSC)c2)C2CN(CCSc3ccccc3)CC21. The fourth-order valence-corrected chi connectivity index (χ4v) is 6.25. The number of likely N-dealkylation sites (tertiary alicyclic amines) is 1. The third kappa shape index (κ3) is 3.39. The molecule has 1 N–H and O–H groups in total. The topological polar surface area (TPSA) is 15.3 Å². The smallest absolute Gasteiger partial charge is 0.0442 e. The minimum atomic E-state index is 0.430. The molecule has 2 atom stereocenters. The summed E-state index contributed by atoms with van der Waals surface area (Å²) < 4.78 is 3.39. The van der Waals surface area contributed by atoms with E-state index in [1.807, 2.05) is 11.8 Å². The number of piperidine rings is 1. The molecule has 0 amide bonds. The van der Waals surface area contributed by atoms with Crippen LogP contribution in [0, 0.1) is 11.8 Å². The molecule has 2 unspecified atom stereocenters. The van der Waals surface area contributed by atoms with Gasteiger partial charge in [-0.1, -0.05) is 49.2 Å². The van der Waals surface area contributed by atoms with E-state index in [-0.39, 0.29) is 0 Å². The van der Waals surface area contributed by atoms with E-state index in [9.17, 15) is 0 Å². The Morgan fingerprint density at radius 1 is 1.08 bits per heavy atom. The Balaban J connectivity index is 1.34. The van der Waals surface area contributed by atoms with Gasteiger partial charge in [0.2, 0.25) is 0 Å². The lowest BCUT2D eigenvalue weighted by Gasteiger charge is -2.26. The molecule has 1 saturated carbocycles. The van der Waals surface area contributed by atoms with Crippen LogP contribution < -0.4 is 4.72 Å². The highest BCUT2D eigenvalue weighted by Gasteiger charge is 2.67. The van der Waals surface area contributed by atoms with Gasteiger partial charge in [0, 0.05) is 47.6 Å². The molecule has 2 aromatic carbocycles. The van der Waals surface area contributed by atoms with Crippen molar-refractivity contribution in [2.24, 2.45) is 11.8 Å². The van der Waals surface area contributed by atoms with Crippen LogP contribution in [0.25, 0.3) is 0 Å². The van der Waals surface area contributed by atoms with Crippen LogP contribution in [-0.4, -0.2) is 36.5 Å². The van der Waals surface area contributed by atoms with Crippen molar-refractivity contribution in [3.63, 3.8) is 0 Å². The van der Waals surface area contributed by atoms with Gasteiger partial charge in [-0.15, -0.1) is 11.8 Å². The van der Waals surface area contributed by atoms with E-state index in [4.69, 9.17) is 0 Å². The van der Waals surface area contributed by atoms with Gasteiger partial charge < -0.3 is 9.62 Å². The Labute approximate surface area is 166 Å². The number of nitrogens with one attached hydrogen (secondary N) is 1. The molecule has 1 saturated heterocycles. The van der Waals surface area contributed by atoms with Crippen molar-refractivity contribution in [3.05, 3.63) is 60.2 Å². The average Bonchev–Trinajstić information content (AvgIpc) is 3.06. The summed E-state index contributed by atoms with van der Waals surface area (Å²) in [5.74, 6) is 2.88. The third-order valence-corrected chi connectivity index (χ3v) is 7.67. The average molecular weight is 385 g/mol. The second-order valence-corrected chi connectivity index (χ2v) is 9.20. The van der Waals surface area contributed by atoms with Gasteiger partial charge in [-0.3, -0.25) is 0 Å². The quantitative estimate of drug-likeness (QED) is 0.485. The lowest BCUT2D eigenvalue weighted by molar-refractivity contribution is 0.284. The van der Waals surface area contributed by atoms with Gasteiger partial charge in [0.15, 0.2) is 0 Å². The Morgan fingerprint density at radius 2 is 1.85 bits per heavy atom. The molecule has 2 aromatic rings. The van der Waals surface area contributed by atoms with Gasteiger partial charge in [-0.2, -0.15) is 0 Å². The normalized spacial score (nSPS) is 27.3. The first-order valence-corrected chi connectivity index (χ1v) is 11.8. The number of fused-ring (bicyclic) bond motifs is 1. The maximum Gasteiger partial charge on any atom is 0.0442 e. The van der Waals surface area contributed by atoms with Crippen LogP contribution in [0.1, 0.15) is 18.9 Å². The van der Waals surface area contributed by atoms with Crippen LogP contribution in [0.4, 0.5) is 5.69 Å². The monoisotopic (exact) mass is 384 g/mol. The molecule has 1 aliphatic heterocycles. The zero-order valence-corrected chi connectivity index (χ0v) is 17.3. The van der Waals surface area contributed by atoms with Crippen LogP contribution in [-0.2, 0) is 5.41 Å². The third-order valence-electron chi connectivity index (χ3n) is 6.23. The first kappa shape index (κ1) is 18.3. The summed E-state index contributed by atoms with van der Waals surface area (Å²) in [6.07, 6.45) is 3.34. The number of anilines is 1. The summed E-state index contributed by atoms with van der Waals surface area (Å²) in [6.45, 7) is 6.13. The molecule has 1 heterocycles. The van der Waals surface area contributed by atoms with E-state index in [0.29, 0.717) is 5.41 Å². The van der Waals surface area contributed by atoms with Crippen molar-refractivity contribution < 1.29 is 0 Å². The molecule has 0 aromatic heterocycles. The Bertz CT molecular complexity index is 722. The van der Waals surface area contributed by atoms with E-state index >= 15 is 0 Å². The van der Waals surface area contributed by atoms with Crippen LogP contribution in [0.5, 0.6) is 0 Å². The van der Waals surface area contributed by atoms with E-state index in [2.05, 4.69) is 77.4 Å². The number of benzene rings is 2. The largest absolute Gasteiger partial charge is 0.330 e. The summed E-state index contributed by atoms with van der Waals surface area (Å²) >= 11 is 3.65. The Hall–Kier alpha value is -1.10. The molecule has 0 radical (unpaired) electrons. The summed E-state index contributed by atoms with van der Waals surface area (Å²) in [6, 6.07) is 19.9. The van der Waals surface area contributed by atoms with Crippen molar-refractivity contribution in [1.29, 1.82) is 0 Å². The Morgan fingerprint density at radius 3 is 2.54 bits per heavy atom. The van der Waals surface area contributed by atoms with Crippen molar-refractivity contribution in [2.75, 3.05) is 36.4 Å². The molecule has 138 valence electrons. The lowest BCUT2D eigenvalue weighted by Crippen LogP contribution is -2.31. The summed E-state index contributed by atoms with van der Waals surface area (Å²) in [4.78, 5) is 4.07. The lowest BCUT2D eigenvalue weighted by atomic mass is 9.87. The zero-order chi connectivity index (χ0) is 18.0. The molecular weight excluding hydrogens is 356 g/mol. The molecule has 0 spiro atoms. The van der Waals surface area contributed by atoms with E-state index in [1.54, 1.807) is 17.5 Å². The van der Waals surface area contributed by atoms with Crippen molar-refractivity contribution in [1.82, 2.24) is 4.90 Å². The molecule has 2 nitrogen and oxygen atoms in total. The highest BCUT2D eigenvalue weighted by Crippen LogP contribution is 2.65. The first-order valence-electron chi connectivity index (χ1n) is 9.57. The van der Waals surface area contributed by atoms with Gasteiger partial charge in [0.25, 0.3) is 0 Å². The minimum absolute atomic E-state index is 0.430. The predicted octanol–water partition coefficient (Wildman–Crippen LogP) is 5.38. The maximum absolute atomic E-state index is 3.39. The molecule has 26 heavy (non-hydrogen) atoms. The number of hydrogen-bond donors (Lipinski definition) is 1. The predicted molar refractivity (Wildman–Crippen MR) is 116 cm³/mol. The minimum Gasteiger partial charge on any atom is -0.330 e. The highest BCUT2D eigenvalue weighted by molar-refractivity contribution is 7.99. The van der Waals surface area contributed by atoms with Gasteiger partial charge in [-0.05, 0) is 48.1 Å². The molecule has 1 aliphatic carbocycles. The van der Waals surface area contributed by atoms with E-state index < -0.39 is 0 Å². The highest BCUT2D eigenvalue weighted by atomic mass is 32.2. The molecular formula is C22H28N2S2. The first-order chi connectivity index (χ1) is 12.8. The second-order valence-electron chi connectivity index (χ2n) is 7.41. The fraction of sp³-hybridized carbons (Fsp3) is 0.455. The number of hydrogen-bond acceptors (Lipinski definition) is 4. The molecule has 2 fully saturated rings. The maximum atomic E-state index is 3.39. The van der Waals surface area contributed by atoms with Crippen LogP contribution >= 0.6 is 23.7 Å². The summed E-state index contributed by atoms with van der Waals surface area (Å²) in [5, 5.41) is 0. The van der Waals surface area contributed by atoms with Gasteiger partial charge in [0.1, 0.15) is 0 Å². The van der Waals surface area contributed by atoms with Crippen LogP contribution in [0.15, 0.2) is 59.5 Å². The van der Waals surface area contributed by atoms with Gasteiger partial charge in [0.05, 0.1) is 0 Å². The van der Waals surface area contributed by atoms with Gasteiger partial charge in [-0.25, -0.2) is 0 Å².